The van der Waals surface area contributed by atoms with Gasteiger partial charge in [-0.1, -0.05) is 19.1 Å². The molecule has 0 heterocycles. The van der Waals surface area contributed by atoms with E-state index >= 15 is 0 Å². The molecule has 0 radical (unpaired) electrons. The van der Waals surface area contributed by atoms with Gasteiger partial charge in [0, 0.05) is 12.0 Å². The number of aliphatic hydroxyl groups is 2. The third-order valence-electron chi connectivity index (χ3n) is 3.26. The van der Waals surface area contributed by atoms with Crippen molar-refractivity contribution in [1.29, 1.82) is 0 Å². The van der Waals surface area contributed by atoms with Gasteiger partial charge in [-0.05, 0) is 6.92 Å². The highest BCUT2D eigenvalue weighted by Gasteiger charge is 2.46. The molecule has 1 aliphatic rings. The average Bonchev–Trinajstić information content (AvgIpc) is 2.26. The van der Waals surface area contributed by atoms with Crippen LogP contribution in [-0.2, 0) is 4.79 Å². The molecule has 0 aliphatic heterocycles. The Morgan fingerprint density at radius 3 is 2.65 bits per heavy atom. The van der Waals surface area contributed by atoms with E-state index in [-0.39, 0.29) is 12.1 Å². The molecule has 0 aromatic carbocycles. The van der Waals surface area contributed by atoms with Gasteiger partial charge in [-0.15, -0.1) is 0 Å². The third kappa shape index (κ3) is 2.59. The van der Waals surface area contributed by atoms with E-state index in [9.17, 15) is 25.1 Å². The number of nitro groups is 1. The Hall–Kier alpha value is -1.53. The van der Waals surface area contributed by atoms with Gasteiger partial charge in [-0.2, -0.15) is 0 Å². The first-order chi connectivity index (χ1) is 7.73. The Kier molecular flexibility index (Phi) is 3.49. The normalized spacial score (nSPS) is 26.2. The van der Waals surface area contributed by atoms with Gasteiger partial charge >= 0.3 is 0 Å². The van der Waals surface area contributed by atoms with Crippen LogP contribution >= 0.6 is 0 Å². The fourth-order valence-corrected chi connectivity index (χ4v) is 1.88. The van der Waals surface area contributed by atoms with Crippen molar-refractivity contribution in [2.45, 2.75) is 26.1 Å². The van der Waals surface area contributed by atoms with Crippen LogP contribution in [0.5, 0.6) is 0 Å². The van der Waals surface area contributed by atoms with E-state index in [1.165, 1.54) is 25.2 Å². The van der Waals surface area contributed by atoms with E-state index < -0.39 is 22.0 Å². The van der Waals surface area contributed by atoms with Crippen LogP contribution in [0, 0.1) is 21.4 Å². The van der Waals surface area contributed by atoms with Crippen molar-refractivity contribution in [3.8, 4) is 0 Å². The monoisotopic (exact) mass is 241 g/mol. The Labute approximate surface area is 98.4 Å². The number of hydrogen-bond donors (Lipinski definition) is 2. The molecule has 0 spiro atoms. The zero-order valence-electron chi connectivity index (χ0n) is 9.66. The van der Waals surface area contributed by atoms with Gasteiger partial charge in [0.2, 0.25) is 5.70 Å². The van der Waals surface area contributed by atoms with Gasteiger partial charge < -0.3 is 15.0 Å². The van der Waals surface area contributed by atoms with Crippen molar-refractivity contribution in [1.82, 2.24) is 0 Å². The van der Waals surface area contributed by atoms with Crippen molar-refractivity contribution >= 4 is 6.29 Å². The second-order valence-electron chi connectivity index (χ2n) is 4.50. The number of rotatable bonds is 4. The van der Waals surface area contributed by atoms with Crippen LogP contribution in [0.1, 0.15) is 20.3 Å². The SMILES string of the molecule is C[C@H](C(C)(O)O)[C@@]1(C=O)C=CC=C([N+](=O)[O-])C1. The Bertz CT molecular complexity index is 393. The summed E-state index contributed by atoms with van der Waals surface area (Å²) in [5.41, 5.74) is -1.37. The molecular formula is C11H15NO5. The first kappa shape index (κ1) is 13.5. The van der Waals surface area contributed by atoms with Crippen LogP contribution < -0.4 is 0 Å². The molecule has 0 saturated heterocycles. The quantitative estimate of drug-likeness (QED) is 0.325. The van der Waals surface area contributed by atoms with Crippen LogP contribution in [0.2, 0.25) is 0 Å². The maximum atomic E-state index is 11.2. The fraction of sp³-hybridized carbons (Fsp3) is 0.545. The summed E-state index contributed by atoms with van der Waals surface area (Å²) in [7, 11) is 0. The molecule has 0 unspecified atom stereocenters. The lowest BCUT2D eigenvalue weighted by Crippen LogP contribution is -2.45. The van der Waals surface area contributed by atoms with Crippen LogP contribution in [0.3, 0.4) is 0 Å². The van der Waals surface area contributed by atoms with Crippen molar-refractivity contribution in [2.75, 3.05) is 0 Å². The summed E-state index contributed by atoms with van der Waals surface area (Å²) >= 11 is 0. The maximum absolute atomic E-state index is 11.2. The van der Waals surface area contributed by atoms with Crippen LogP contribution in [0.4, 0.5) is 0 Å². The lowest BCUT2D eigenvalue weighted by molar-refractivity contribution is -0.430. The Morgan fingerprint density at radius 2 is 2.24 bits per heavy atom. The van der Waals surface area contributed by atoms with E-state index in [2.05, 4.69) is 0 Å². The van der Waals surface area contributed by atoms with Gasteiger partial charge in [-0.3, -0.25) is 10.1 Å². The molecule has 2 N–H and O–H groups in total. The van der Waals surface area contributed by atoms with Crippen LogP contribution in [0.25, 0.3) is 0 Å². The number of hydrogen-bond acceptors (Lipinski definition) is 5. The van der Waals surface area contributed by atoms with Crippen LogP contribution in [-0.4, -0.2) is 27.2 Å². The molecule has 1 rings (SSSR count). The number of nitrogens with zero attached hydrogens (tertiary/aromatic N) is 1. The minimum absolute atomic E-state index is 0.115. The van der Waals surface area contributed by atoms with Crippen molar-refractivity contribution in [3.05, 3.63) is 34.0 Å². The van der Waals surface area contributed by atoms with E-state index in [0.29, 0.717) is 6.29 Å². The first-order valence-corrected chi connectivity index (χ1v) is 5.17. The highest BCUT2D eigenvalue weighted by molar-refractivity contribution is 5.65. The molecule has 2 atom stereocenters. The van der Waals surface area contributed by atoms with E-state index in [1.54, 1.807) is 0 Å². The minimum atomic E-state index is -2.08. The molecule has 0 saturated carbocycles. The number of aldehydes is 1. The molecule has 0 amide bonds. The molecule has 17 heavy (non-hydrogen) atoms. The van der Waals surface area contributed by atoms with Gasteiger partial charge in [0.25, 0.3) is 0 Å². The predicted molar refractivity (Wildman–Crippen MR) is 59.3 cm³/mol. The summed E-state index contributed by atoms with van der Waals surface area (Å²) < 4.78 is 0. The topological polar surface area (TPSA) is 101 Å². The number of carbonyl (C=O) groups is 1. The molecule has 6 heteroatoms. The molecule has 6 nitrogen and oxygen atoms in total. The van der Waals surface area contributed by atoms with Gasteiger partial charge in [0.15, 0.2) is 5.79 Å². The third-order valence-corrected chi connectivity index (χ3v) is 3.26. The van der Waals surface area contributed by atoms with Crippen molar-refractivity contribution < 1.29 is 19.9 Å². The molecule has 0 aromatic rings. The molecule has 1 aliphatic carbocycles. The summed E-state index contributed by atoms with van der Waals surface area (Å²) in [5.74, 6) is -2.93. The Balaban J connectivity index is 3.09. The summed E-state index contributed by atoms with van der Waals surface area (Å²) in [6.07, 6.45) is 4.58. The summed E-state index contributed by atoms with van der Waals surface area (Å²) in [4.78, 5) is 21.3. The minimum Gasteiger partial charge on any atom is -0.366 e. The highest BCUT2D eigenvalue weighted by Crippen LogP contribution is 2.41. The molecule has 0 aromatic heterocycles. The molecule has 0 bridgehead atoms. The predicted octanol–water partition coefficient (Wildman–Crippen LogP) is 0.629. The van der Waals surface area contributed by atoms with Gasteiger partial charge in [0.05, 0.1) is 16.8 Å². The Morgan fingerprint density at radius 1 is 1.65 bits per heavy atom. The first-order valence-electron chi connectivity index (χ1n) is 5.17. The zero-order chi connectivity index (χ0) is 13.3. The molecule has 94 valence electrons. The lowest BCUT2D eigenvalue weighted by atomic mass is 9.69. The van der Waals surface area contributed by atoms with Crippen molar-refractivity contribution in [3.63, 3.8) is 0 Å². The summed E-state index contributed by atoms with van der Waals surface area (Å²) in [6, 6.07) is 0. The zero-order valence-corrected chi connectivity index (χ0v) is 9.66. The largest absolute Gasteiger partial charge is 0.366 e. The second kappa shape index (κ2) is 4.38. The van der Waals surface area contributed by atoms with Gasteiger partial charge in [0.1, 0.15) is 6.29 Å². The molecule has 0 fully saturated rings. The summed E-state index contributed by atoms with van der Waals surface area (Å²) in [5, 5.41) is 29.8. The van der Waals surface area contributed by atoms with E-state index in [0.717, 1.165) is 6.92 Å². The van der Waals surface area contributed by atoms with Gasteiger partial charge in [-0.25, -0.2) is 0 Å². The number of carbonyl (C=O) groups excluding carboxylic acids is 1. The smallest absolute Gasteiger partial charge is 0.247 e. The van der Waals surface area contributed by atoms with E-state index in [1.807, 2.05) is 0 Å². The summed E-state index contributed by atoms with van der Waals surface area (Å²) in [6.45, 7) is 2.63. The fourth-order valence-electron chi connectivity index (χ4n) is 1.88. The van der Waals surface area contributed by atoms with E-state index in [4.69, 9.17) is 0 Å². The molecular weight excluding hydrogens is 226 g/mol. The van der Waals surface area contributed by atoms with Crippen LogP contribution in [0.15, 0.2) is 23.9 Å². The highest BCUT2D eigenvalue weighted by atomic mass is 16.6. The standard InChI is InChI=1S/C11H15NO5/c1-8(10(2,14)15)11(7-13)5-3-4-9(6-11)12(16)17/h3-5,7-8,14-15H,6H2,1-2H3/t8-,11+/m1/s1. The maximum Gasteiger partial charge on any atom is 0.247 e. The lowest BCUT2D eigenvalue weighted by Gasteiger charge is -2.37. The van der Waals surface area contributed by atoms with Crippen molar-refractivity contribution in [2.24, 2.45) is 11.3 Å². The number of allylic oxidation sites excluding steroid dienone is 4. The second-order valence-corrected chi connectivity index (χ2v) is 4.50. The average molecular weight is 241 g/mol.